The fourth-order valence-electron chi connectivity index (χ4n) is 4.23. The summed E-state index contributed by atoms with van der Waals surface area (Å²) in [7, 11) is -2.99. The van der Waals surface area contributed by atoms with Gasteiger partial charge in [0.2, 0.25) is 10.0 Å². The van der Waals surface area contributed by atoms with Gasteiger partial charge in [-0.1, -0.05) is 41.9 Å². The number of methoxy groups -OCH3 is 1. The zero-order valence-corrected chi connectivity index (χ0v) is 22.2. The molecule has 0 aromatic heterocycles. The van der Waals surface area contributed by atoms with Crippen molar-refractivity contribution in [3.63, 3.8) is 0 Å². The second-order valence-electron chi connectivity index (χ2n) is 8.80. The number of esters is 1. The predicted molar refractivity (Wildman–Crippen MR) is 138 cm³/mol. The van der Waals surface area contributed by atoms with Gasteiger partial charge in [-0.2, -0.15) is 4.31 Å². The highest BCUT2D eigenvalue weighted by molar-refractivity contribution is 7.89. The summed E-state index contributed by atoms with van der Waals surface area (Å²) >= 11 is 6.06. The van der Waals surface area contributed by atoms with Crippen molar-refractivity contribution in [1.82, 2.24) is 9.21 Å². The van der Waals surface area contributed by atoms with E-state index in [0.717, 1.165) is 33.6 Å². The fraction of sp³-hybridized carbons (Fsp3) is 0.296. The minimum Gasteiger partial charge on any atom is -0.465 e. The van der Waals surface area contributed by atoms with Gasteiger partial charge in [0.15, 0.2) is 4.90 Å². The normalized spacial score (nSPS) is 15.8. The lowest BCUT2D eigenvalue weighted by Crippen LogP contribution is -2.49. The molecule has 38 heavy (non-hydrogen) atoms. The van der Waals surface area contributed by atoms with Gasteiger partial charge < -0.3 is 9.47 Å². The summed E-state index contributed by atoms with van der Waals surface area (Å²) in [5.41, 5.74) is 2.19. The quantitative estimate of drug-likeness (QED) is 0.352. The van der Waals surface area contributed by atoms with E-state index in [1.807, 2.05) is 17.0 Å². The van der Waals surface area contributed by atoms with Gasteiger partial charge in [-0.3, -0.25) is 4.90 Å². The van der Waals surface area contributed by atoms with Gasteiger partial charge in [0.1, 0.15) is 11.6 Å². The molecule has 0 spiro atoms. The minimum absolute atomic E-state index is 0.0818. The van der Waals surface area contributed by atoms with Gasteiger partial charge in [-0.25, -0.2) is 22.0 Å². The first kappa shape index (κ1) is 28.1. The van der Waals surface area contributed by atoms with Crippen molar-refractivity contribution >= 4 is 27.6 Å². The zero-order valence-electron chi connectivity index (χ0n) is 20.6. The number of sulfonamides is 1. The first-order valence-corrected chi connectivity index (χ1v) is 13.7. The molecule has 0 amide bonds. The third-order valence-electron chi connectivity index (χ3n) is 6.34. The molecule has 0 radical (unpaired) electrons. The number of benzene rings is 3. The average Bonchev–Trinajstić information content (AvgIpc) is 2.91. The summed E-state index contributed by atoms with van der Waals surface area (Å²) in [6, 6.07) is 17.2. The second kappa shape index (κ2) is 12.3. The number of rotatable bonds is 9. The van der Waals surface area contributed by atoms with Crippen LogP contribution in [0.3, 0.4) is 0 Å². The van der Waals surface area contributed by atoms with Crippen LogP contribution in [0.1, 0.15) is 27.6 Å². The van der Waals surface area contributed by atoms with Crippen LogP contribution in [-0.4, -0.2) is 63.4 Å². The number of ether oxygens (including phenoxy) is 2. The van der Waals surface area contributed by atoms with Crippen LogP contribution in [0.25, 0.3) is 0 Å². The smallest absolute Gasteiger partial charge is 0.337 e. The number of hydrogen-bond acceptors (Lipinski definition) is 6. The van der Waals surface area contributed by atoms with Crippen molar-refractivity contribution in [3.05, 3.63) is 100 Å². The number of carbonyl (C=O) groups is 1. The van der Waals surface area contributed by atoms with Crippen molar-refractivity contribution in [2.45, 2.75) is 17.6 Å². The molecule has 1 fully saturated rings. The van der Waals surface area contributed by atoms with Crippen LogP contribution in [0.4, 0.5) is 8.78 Å². The molecule has 7 nitrogen and oxygen atoms in total. The van der Waals surface area contributed by atoms with E-state index in [1.165, 1.54) is 7.11 Å². The molecule has 0 saturated carbocycles. The van der Waals surface area contributed by atoms with Gasteiger partial charge in [0, 0.05) is 37.7 Å². The molecule has 1 atom stereocenters. The van der Waals surface area contributed by atoms with E-state index in [4.69, 9.17) is 21.1 Å². The second-order valence-corrected chi connectivity index (χ2v) is 11.1. The molecule has 11 heteroatoms. The highest BCUT2D eigenvalue weighted by atomic mass is 35.5. The molecule has 1 aliphatic rings. The molecule has 3 aromatic carbocycles. The molecule has 0 aliphatic carbocycles. The number of nitrogens with zero attached hydrogens (tertiary/aromatic N) is 2. The Morgan fingerprint density at radius 1 is 0.947 bits per heavy atom. The van der Waals surface area contributed by atoms with Crippen molar-refractivity contribution < 1.29 is 31.5 Å². The summed E-state index contributed by atoms with van der Waals surface area (Å²) in [5, 5.41) is 0.588. The van der Waals surface area contributed by atoms with E-state index in [1.54, 1.807) is 36.4 Å². The molecule has 202 valence electrons. The van der Waals surface area contributed by atoms with Crippen LogP contribution in [0.2, 0.25) is 5.02 Å². The maximum Gasteiger partial charge on any atom is 0.337 e. The van der Waals surface area contributed by atoms with Crippen molar-refractivity contribution in [2.24, 2.45) is 0 Å². The molecule has 0 bridgehead atoms. The van der Waals surface area contributed by atoms with Crippen molar-refractivity contribution in [2.75, 3.05) is 39.8 Å². The van der Waals surface area contributed by atoms with Crippen LogP contribution in [-0.2, 0) is 26.1 Å². The maximum absolute atomic E-state index is 14.2. The molecule has 1 heterocycles. The van der Waals surface area contributed by atoms with Crippen LogP contribution >= 0.6 is 11.6 Å². The lowest BCUT2D eigenvalue weighted by atomic mass is 10.1. The van der Waals surface area contributed by atoms with Crippen LogP contribution in [0.15, 0.2) is 71.6 Å². The molecule has 1 aliphatic heterocycles. The van der Waals surface area contributed by atoms with E-state index in [9.17, 15) is 22.0 Å². The standard InChI is InChI=1S/C27H27ClF2N2O5S/c1-36-27(33)21-7-5-19(6-8-21)18-37-25(20-9-11-22(28)12-10-20)17-31-13-15-32(16-14-31)38(34,35)26-23(29)3-2-4-24(26)30/h2-12,25H,13-18H2,1H3. The Morgan fingerprint density at radius 2 is 1.55 bits per heavy atom. The van der Waals surface area contributed by atoms with Crippen LogP contribution in [0.5, 0.6) is 0 Å². The van der Waals surface area contributed by atoms with E-state index in [0.29, 0.717) is 30.2 Å². The molecule has 0 N–H and O–H groups in total. The molecular weight excluding hydrogens is 538 g/mol. The van der Waals surface area contributed by atoms with E-state index < -0.39 is 32.5 Å². The summed E-state index contributed by atoms with van der Waals surface area (Å²) in [6.07, 6.45) is -0.361. The largest absolute Gasteiger partial charge is 0.465 e. The third-order valence-corrected chi connectivity index (χ3v) is 8.54. The van der Waals surface area contributed by atoms with E-state index in [2.05, 4.69) is 0 Å². The number of halogens is 3. The topological polar surface area (TPSA) is 76.2 Å². The SMILES string of the molecule is COC(=O)c1ccc(COC(CN2CCN(S(=O)(=O)c3c(F)cccc3F)CC2)c2ccc(Cl)cc2)cc1. The molecule has 3 aromatic rings. The maximum atomic E-state index is 14.2. The summed E-state index contributed by atoms with van der Waals surface area (Å²) < 4.78 is 66.2. The Balaban J connectivity index is 1.43. The Morgan fingerprint density at radius 3 is 2.13 bits per heavy atom. The van der Waals surface area contributed by atoms with Gasteiger partial charge >= 0.3 is 5.97 Å². The molecular formula is C27H27ClF2N2O5S. The Kier molecular flexibility index (Phi) is 9.11. The molecule has 4 rings (SSSR count). The van der Waals surface area contributed by atoms with Gasteiger partial charge in [-0.15, -0.1) is 0 Å². The lowest BCUT2D eigenvalue weighted by molar-refractivity contribution is 0.00769. The highest BCUT2D eigenvalue weighted by Gasteiger charge is 2.33. The monoisotopic (exact) mass is 564 g/mol. The Labute approximate surface area is 225 Å². The van der Waals surface area contributed by atoms with Gasteiger partial charge in [-0.05, 0) is 47.5 Å². The van der Waals surface area contributed by atoms with E-state index >= 15 is 0 Å². The first-order chi connectivity index (χ1) is 18.2. The predicted octanol–water partition coefficient (Wildman–Crippen LogP) is 4.67. The van der Waals surface area contributed by atoms with Gasteiger partial charge in [0.05, 0.1) is 25.4 Å². The molecule has 1 unspecified atom stereocenters. The number of hydrogen-bond donors (Lipinski definition) is 0. The van der Waals surface area contributed by atoms with Crippen molar-refractivity contribution in [3.8, 4) is 0 Å². The van der Waals surface area contributed by atoms with Gasteiger partial charge in [0.25, 0.3) is 0 Å². The minimum atomic E-state index is -4.31. The summed E-state index contributed by atoms with van der Waals surface area (Å²) in [5.74, 6) is -2.64. The van der Waals surface area contributed by atoms with E-state index in [-0.39, 0.29) is 25.8 Å². The number of carbonyl (C=O) groups excluding carboxylic acids is 1. The average molecular weight is 565 g/mol. The molecule has 1 saturated heterocycles. The highest BCUT2D eigenvalue weighted by Crippen LogP contribution is 2.26. The Bertz CT molecular complexity index is 1340. The Hall–Kier alpha value is -2.89. The summed E-state index contributed by atoms with van der Waals surface area (Å²) in [4.78, 5) is 12.8. The van der Waals surface area contributed by atoms with Crippen LogP contribution in [0, 0.1) is 11.6 Å². The van der Waals surface area contributed by atoms with Crippen LogP contribution < -0.4 is 0 Å². The lowest BCUT2D eigenvalue weighted by Gasteiger charge is -2.36. The van der Waals surface area contributed by atoms with Crippen molar-refractivity contribution in [1.29, 1.82) is 0 Å². The number of piperazine rings is 1. The first-order valence-electron chi connectivity index (χ1n) is 11.9. The summed E-state index contributed by atoms with van der Waals surface area (Å²) in [6.45, 7) is 1.61. The fourth-order valence-corrected chi connectivity index (χ4v) is 5.89. The zero-order chi connectivity index (χ0) is 27.3. The third kappa shape index (κ3) is 6.57.